The fourth-order valence-corrected chi connectivity index (χ4v) is 3.06. The van der Waals surface area contributed by atoms with Crippen LogP contribution in [0.1, 0.15) is 41.5 Å². The number of rotatable bonds is 5. The third-order valence-corrected chi connectivity index (χ3v) is 3.89. The minimum absolute atomic E-state index is 0.844. The van der Waals surface area contributed by atoms with E-state index < -0.39 is 66.0 Å². The molecule has 0 aromatic heterocycles. The summed E-state index contributed by atoms with van der Waals surface area (Å²) in [5.41, 5.74) is -2.17. The van der Waals surface area contributed by atoms with Gasteiger partial charge in [0.1, 0.15) is 5.60 Å². The Morgan fingerprint density at radius 1 is 0.571 bits per heavy atom. The molecule has 0 aromatic carbocycles. The van der Waals surface area contributed by atoms with Crippen molar-refractivity contribution in [3.05, 3.63) is 0 Å². The standard InChI is InChI=1S/C17H24O11/c1-7(18)24-12-13(25-8(2)19)15(27-10(4)21)17(6,23)16(28-11(5)22)14(12)26-9(3)20/h12-16,23H,1-6H3/t12?,13-,14+,15+,16-,17?. The number of aliphatic hydroxyl groups is 1. The topological polar surface area (TPSA) is 152 Å². The molecule has 0 aromatic rings. The van der Waals surface area contributed by atoms with E-state index in [0.29, 0.717) is 0 Å². The summed E-state index contributed by atoms with van der Waals surface area (Å²) in [7, 11) is 0. The highest BCUT2D eigenvalue weighted by molar-refractivity contribution is 5.70. The van der Waals surface area contributed by atoms with E-state index in [-0.39, 0.29) is 0 Å². The third-order valence-electron chi connectivity index (χ3n) is 3.89. The minimum Gasteiger partial charge on any atom is -0.455 e. The van der Waals surface area contributed by atoms with Gasteiger partial charge in [0.15, 0.2) is 30.5 Å². The molecule has 1 N–H and O–H groups in total. The lowest BCUT2D eigenvalue weighted by molar-refractivity contribution is -0.281. The first kappa shape index (κ1) is 23.3. The number of hydrogen-bond acceptors (Lipinski definition) is 11. The molecule has 0 bridgehead atoms. The zero-order valence-corrected chi connectivity index (χ0v) is 16.4. The molecule has 1 fully saturated rings. The largest absolute Gasteiger partial charge is 0.455 e. The van der Waals surface area contributed by atoms with Crippen LogP contribution in [-0.2, 0) is 47.7 Å². The number of esters is 5. The van der Waals surface area contributed by atoms with Gasteiger partial charge in [0.2, 0.25) is 0 Å². The second-order valence-corrected chi connectivity index (χ2v) is 6.51. The van der Waals surface area contributed by atoms with Gasteiger partial charge in [0, 0.05) is 34.6 Å². The van der Waals surface area contributed by atoms with Gasteiger partial charge in [-0.3, -0.25) is 24.0 Å². The average Bonchev–Trinajstić information content (AvgIpc) is 2.49. The van der Waals surface area contributed by atoms with E-state index in [1.54, 1.807) is 0 Å². The molecular formula is C17H24O11. The van der Waals surface area contributed by atoms with E-state index in [0.717, 1.165) is 41.5 Å². The Bertz CT molecular complexity index is 607. The Balaban J connectivity index is 3.60. The van der Waals surface area contributed by atoms with Crippen molar-refractivity contribution in [2.24, 2.45) is 0 Å². The number of hydrogen-bond donors (Lipinski definition) is 1. The molecule has 0 amide bonds. The summed E-state index contributed by atoms with van der Waals surface area (Å²) in [6, 6.07) is 0. The monoisotopic (exact) mass is 404 g/mol. The van der Waals surface area contributed by atoms with Crippen LogP contribution < -0.4 is 0 Å². The van der Waals surface area contributed by atoms with Gasteiger partial charge in [0.05, 0.1) is 0 Å². The van der Waals surface area contributed by atoms with Gasteiger partial charge in [-0.1, -0.05) is 0 Å². The van der Waals surface area contributed by atoms with Gasteiger partial charge in [-0.2, -0.15) is 0 Å². The molecule has 6 atom stereocenters. The normalized spacial score (nSPS) is 31.9. The Hall–Kier alpha value is -2.69. The number of carbonyl (C=O) groups is 5. The Kier molecular flexibility index (Phi) is 7.51. The molecule has 11 heteroatoms. The molecule has 158 valence electrons. The van der Waals surface area contributed by atoms with Gasteiger partial charge in [-0.25, -0.2) is 0 Å². The molecule has 0 heterocycles. The van der Waals surface area contributed by atoms with Crippen LogP contribution in [0.5, 0.6) is 0 Å². The van der Waals surface area contributed by atoms with Gasteiger partial charge < -0.3 is 28.8 Å². The number of ether oxygens (including phenoxy) is 5. The highest BCUT2D eigenvalue weighted by atomic mass is 16.7. The summed E-state index contributed by atoms with van der Waals surface area (Å²) in [5.74, 6) is -4.23. The van der Waals surface area contributed by atoms with E-state index >= 15 is 0 Å². The van der Waals surface area contributed by atoms with Crippen LogP contribution >= 0.6 is 0 Å². The summed E-state index contributed by atoms with van der Waals surface area (Å²) in [6.45, 7) is 6.36. The van der Waals surface area contributed by atoms with Crippen molar-refractivity contribution in [3.8, 4) is 0 Å². The van der Waals surface area contributed by atoms with Gasteiger partial charge in [-0.15, -0.1) is 0 Å². The van der Waals surface area contributed by atoms with Crippen LogP contribution in [0.2, 0.25) is 0 Å². The number of carbonyl (C=O) groups excluding carboxylic acids is 5. The molecule has 28 heavy (non-hydrogen) atoms. The van der Waals surface area contributed by atoms with Crippen molar-refractivity contribution in [3.63, 3.8) is 0 Å². The zero-order valence-electron chi connectivity index (χ0n) is 16.4. The van der Waals surface area contributed by atoms with Crippen LogP contribution in [0.3, 0.4) is 0 Å². The summed E-state index contributed by atoms with van der Waals surface area (Å²) in [5, 5.41) is 11.0. The van der Waals surface area contributed by atoms with E-state index in [4.69, 9.17) is 23.7 Å². The van der Waals surface area contributed by atoms with Crippen molar-refractivity contribution in [1.29, 1.82) is 0 Å². The molecule has 1 rings (SSSR count). The van der Waals surface area contributed by atoms with Gasteiger partial charge in [-0.05, 0) is 6.92 Å². The predicted molar refractivity (Wildman–Crippen MR) is 88.4 cm³/mol. The first-order valence-corrected chi connectivity index (χ1v) is 8.35. The molecule has 2 unspecified atom stereocenters. The van der Waals surface area contributed by atoms with E-state index in [1.807, 2.05) is 0 Å². The molecule has 0 aliphatic heterocycles. The highest BCUT2D eigenvalue weighted by Crippen LogP contribution is 2.38. The highest BCUT2D eigenvalue weighted by Gasteiger charge is 2.64. The molecule has 11 nitrogen and oxygen atoms in total. The molecule has 0 spiro atoms. The quantitative estimate of drug-likeness (QED) is 0.462. The molecular weight excluding hydrogens is 380 g/mol. The van der Waals surface area contributed by atoms with Crippen LogP contribution in [0.25, 0.3) is 0 Å². The van der Waals surface area contributed by atoms with Crippen molar-refractivity contribution in [2.45, 2.75) is 77.7 Å². The summed E-state index contributed by atoms with van der Waals surface area (Å²) in [6.07, 6.45) is -7.82. The van der Waals surface area contributed by atoms with E-state index in [9.17, 15) is 29.1 Å². The lowest BCUT2D eigenvalue weighted by Crippen LogP contribution is -2.73. The maximum absolute atomic E-state index is 11.6. The second-order valence-electron chi connectivity index (χ2n) is 6.51. The smallest absolute Gasteiger partial charge is 0.303 e. The summed E-state index contributed by atoms with van der Waals surface area (Å²) < 4.78 is 25.6. The van der Waals surface area contributed by atoms with Crippen molar-refractivity contribution in [1.82, 2.24) is 0 Å². The SMILES string of the molecule is CC(=O)OC1[C@@H](OC(C)=O)[C@H](OC(C)=O)C(C)(O)[C@H](OC(C)=O)[C@H]1OC(C)=O. The minimum atomic E-state index is -2.17. The Morgan fingerprint density at radius 3 is 1.07 bits per heavy atom. The maximum atomic E-state index is 11.6. The fraction of sp³-hybridized carbons (Fsp3) is 0.706. The van der Waals surface area contributed by atoms with E-state index in [2.05, 4.69) is 0 Å². The average molecular weight is 404 g/mol. The third kappa shape index (κ3) is 5.65. The molecule has 1 saturated carbocycles. The maximum Gasteiger partial charge on any atom is 0.303 e. The van der Waals surface area contributed by atoms with Crippen molar-refractivity contribution >= 4 is 29.8 Å². The summed E-state index contributed by atoms with van der Waals surface area (Å²) in [4.78, 5) is 58.0. The molecule has 0 radical (unpaired) electrons. The van der Waals surface area contributed by atoms with Gasteiger partial charge in [0.25, 0.3) is 0 Å². The van der Waals surface area contributed by atoms with Crippen molar-refractivity contribution in [2.75, 3.05) is 0 Å². The van der Waals surface area contributed by atoms with Gasteiger partial charge >= 0.3 is 29.8 Å². The molecule has 1 aliphatic carbocycles. The lowest BCUT2D eigenvalue weighted by Gasteiger charge is -2.50. The van der Waals surface area contributed by atoms with E-state index in [1.165, 1.54) is 0 Å². The van der Waals surface area contributed by atoms with Crippen LogP contribution in [0.15, 0.2) is 0 Å². The Labute approximate surface area is 161 Å². The van der Waals surface area contributed by atoms with Crippen molar-refractivity contribution < 1.29 is 52.8 Å². The fourth-order valence-electron chi connectivity index (χ4n) is 3.06. The van der Waals surface area contributed by atoms with Crippen LogP contribution in [0, 0.1) is 0 Å². The Morgan fingerprint density at radius 2 is 0.821 bits per heavy atom. The first-order valence-electron chi connectivity index (χ1n) is 8.35. The predicted octanol–water partition coefficient (Wildman–Crippen LogP) is -0.590. The van der Waals surface area contributed by atoms with Crippen LogP contribution in [-0.4, -0.2) is 71.1 Å². The second kappa shape index (κ2) is 9.00. The van der Waals surface area contributed by atoms with Crippen LogP contribution in [0.4, 0.5) is 0 Å². The lowest BCUT2D eigenvalue weighted by atomic mass is 9.75. The zero-order chi connectivity index (χ0) is 21.8. The summed E-state index contributed by atoms with van der Waals surface area (Å²) >= 11 is 0. The molecule has 1 aliphatic rings. The first-order chi connectivity index (χ1) is 12.8. The molecule has 0 saturated heterocycles.